The number of unbranched alkanes of at least 4 members (excludes halogenated alkanes) is 5. The molecule has 0 aromatic heterocycles. The van der Waals surface area contributed by atoms with Crippen LogP contribution in [0.3, 0.4) is 0 Å². The molecule has 2 heteroatoms. The second-order valence-corrected chi connectivity index (χ2v) is 5.77. The van der Waals surface area contributed by atoms with Crippen LogP contribution in [0.15, 0.2) is 0 Å². The van der Waals surface area contributed by atoms with Crippen molar-refractivity contribution in [2.45, 2.75) is 77.1 Å². The lowest BCUT2D eigenvalue weighted by Crippen LogP contribution is -2.36. The summed E-state index contributed by atoms with van der Waals surface area (Å²) in [6.07, 6.45) is 9.77. The fourth-order valence-corrected chi connectivity index (χ4v) is 2.68. The Morgan fingerprint density at radius 2 is 2.06 bits per heavy atom. The van der Waals surface area contributed by atoms with Gasteiger partial charge in [0.2, 0.25) is 0 Å². The summed E-state index contributed by atoms with van der Waals surface area (Å²) in [5, 5.41) is 0. The molecule has 2 aliphatic heterocycles. The SMILES string of the molecule is CCCCCCCC#C[C@]12CCC(C)[C@H](OC1)O2. The fourth-order valence-electron chi connectivity index (χ4n) is 2.68. The van der Waals surface area contributed by atoms with E-state index in [1.807, 2.05) is 0 Å². The van der Waals surface area contributed by atoms with E-state index in [0.29, 0.717) is 12.5 Å². The Kier molecular flexibility index (Phi) is 5.09. The molecular formula is C16H26O2. The Labute approximate surface area is 111 Å². The van der Waals surface area contributed by atoms with Crippen molar-refractivity contribution in [3.63, 3.8) is 0 Å². The zero-order chi connectivity index (χ0) is 12.8. The molecule has 102 valence electrons. The van der Waals surface area contributed by atoms with E-state index in [2.05, 4.69) is 25.7 Å². The molecule has 0 N–H and O–H groups in total. The Morgan fingerprint density at radius 3 is 2.89 bits per heavy atom. The van der Waals surface area contributed by atoms with Gasteiger partial charge in [0.15, 0.2) is 11.9 Å². The zero-order valence-corrected chi connectivity index (χ0v) is 11.8. The lowest BCUT2D eigenvalue weighted by molar-refractivity contribution is -0.131. The van der Waals surface area contributed by atoms with Crippen LogP contribution in [0.2, 0.25) is 0 Å². The monoisotopic (exact) mass is 250 g/mol. The minimum Gasteiger partial charge on any atom is -0.348 e. The van der Waals surface area contributed by atoms with Crippen molar-refractivity contribution < 1.29 is 9.47 Å². The molecule has 2 aliphatic rings. The summed E-state index contributed by atoms with van der Waals surface area (Å²) in [6.45, 7) is 5.11. The first kappa shape index (κ1) is 13.9. The largest absolute Gasteiger partial charge is 0.348 e. The molecule has 0 aromatic carbocycles. The molecule has 3 atom stereocenters. The number of hydrogen-bond acceptors (Lipinski definition) is 2. The molecule has 0 aliphatic carbocycles. The van der Waals surface area contributed by atoms with Gasteiger partial charge in [0.1, 0.15) is 0 Å². The lowest BCUT2D eigenvalue weighted by Gasteiger charge is -2.30. The molecule has 0 amide bonds. The van der Waals surface area contributed by atoms with E-state index < -0.39 is 0 Å². The number of rotatable bonds is 5. The summed E-state index contributed by atoms with van der Waals surface area (Å²) in [4.78, 5) is 0. The topological polar surface area (TPSA) is 18.5 Å². The van der Waals surface area contributed by atoms with Gasteiger partial charge in [-0.1, -0.05) is 45.5 Å². The van der Waals surface area contributed by atoms with Gasteiger partial charge in [-0.2, -0.15) is 0 Å². The van der Waals surface area contributed by atoms with Crippen LogP contribution in [0, 0.1) is 17.8 Å². The Bertz CT molecular complexity index is 315. The first-order valence-corrected chi connectivity index (χ1v) is 7.55. The number of ether oxygens (including phenoxy) is 2. The third-order valence-corrected chi connectivity index (χ3v) is 4.01. The summed E-state index contributed by atoms with van der Waals surface area (Å²) in [7, 11) is 0. The van der Waals surface area contributed by atoms with E-state index >= 15 is 0 Å². The second-order valence-electron chi connectivity index (χ2n) is 5.77. The zero-order valence-electron chi connectivity index (χ0n) is 11.8. The van der Waals surface area contributed by atoms with Crippen LogP contribution in [0.5, 0.6) is 0 Å². The van der Waals surface area contributed by atoms with Gasteiger partial charge in [-0.3, -0.25) is 0 Å². The third kappa shape index (κ3) is 3.49. The van der Waals surface area contributed by atoms with Gasteiger partial charge in [0.05, 0.1) is 6.61 Å². The van der Waals surface area contributed by atoms with E-state index in [1.165, 1.54) is 38.5 Å². The van der Waals surface area contributed by atoms with Crippen molar-refractivity contribution in [2.75, 3.05) is 6.61 Å². The maximum absolute atomic E-state index is 5.95. The van der Waals surface area contributed by atoms with E-state index in [1.54, 1.807) is 0 Å². The Morgan fingerprint density at radius 1 is 1.22 bits per heavy atom. The third-order valence-electron chi connectivity index (χ3n) is 4.01. The van der Waals surface area contributed by atoms with Crippen LogP contribution < -0.4 is 0 Å². The van der Waals surface area contributed by atoms with E-state index in [9.17, 15) is 0 Å². The summed E-state index contributed by atoms with van der Waals surface area (Å²) in [5.74, 6) is 7.18. The van der Waals surface area contributed by atoms with Crippen LogP contribution in [0.4, 0.5) is 0 Å². The van der Waals surface area contributed by atoms with Gasteiger partial charge in [0, 0.05) is 12.3 Å². The molecule has 2 fully saturated rings. The minimum absolute atomic E-state index is 0.00222. The second kappa shape index (κ2) is 6.59. The van der Waals surface area contributed by atoms with Crippen molar-refractivity contribution in [2.24, 2.45) is 5.92 Å². The Balaban J connectivity index is 1.70. The van der Waals surface area contributed by atoms with Gasteiger partial charge >= 0.3 is 0 Å². The van der Waals surface area contributed by atoms with Crippen molar-refractivity contribution in [1.82, 2.24) is 0 Å². The number of fused-ring (bicyclic) bond motifs is 2. The Hall–Kier alpha value is -0.520. The molecule has 0 radical (unpaired) electrons. The van der Waals surface area contributed by atoms with Gasteiger partial charge in [0.25, 0.3) is 0 Å². The molecule has 0 aromatic rings. The summed E-state index contributed by atoms with van der Waals surface area (Å²) in [6, 6.07) is 0. The summed E-state index contributed by atoms with van der Waals surface area (Å²) < 4.78 is 11.6. The number of hydrogen-bond donors (Lipinski definition) is 0. The highest BCUT2D eigenvalue weighted by molar-refractivity contribution is 5.17. The molecule has 2 bridgehead atoms. The maximum atomic E-state index is 5.95. The van der Waals surface area contributed by atoms with Gasteiger partial charge in [-0.15, -0.1) is 5.92 Å². The maximum Gasteiger partial charge on any atom is 0.162 e. The molecule has 18 heavy (non-hydrogen) atoms. The molecule has 2 saturated heterocycles. The van der Waals surface area contributed by atoms with Crippen LogP contribution in [-0.2, 0) is 9.47 Å². The van der Waals surface area contributed by atoms with Gasteiger partial charge in [-0.05, 0) is 19.3 Å². The first-order valence-electron chi connectivity index (χ1n) is 7.55. The lowest BCUT2D eigenvalue weighted by atomic mass is 9.91. The average molecular weight is 250 g/mol. The predicted molar refractivity (Wildman–Crippen MR) is 73.1 cm³/mol. The van der Waals surface area contributed by atoms with E-state index in [4.69, 9.17) is 9.47 Å². The molecule has 2 rings (SSSR count). The quantitative estimate of drug-likeness (QED) is 0.544. The molecule has 0 saturated carbocycles. The highest BCUT2D eigenvalue weighted by Gasteiger charge is 2.46. The normalized spacial score (nSPS) is 34.1. The van der Waals surface area contributed by atoms with Crippen molar-refractivity contribution in [3.8, 4) is 11.8 Å². The molecule has 2 heterocycles. The predicted octanol–water partition coefficient (Wildman–Crippen LogP) is 3.89. The van der Waals surface area contributed by atoms with Gasteiger partial charge < -0.3 is 9.47 Å². The summed E-state index contributed by atoms with van der Waals surface area (Å²) in [5.41, 5.74) is -0.263. The van der Waals surface area contributed by atoms with Crippen LogP contribution >= 0.6 is 0 Å². The average Bonchev–Trinajstić information content (AvgIpc) is 2.74. The summed E-state index contributed by atoms with van der Waals surface area (Å²) >= 11 is 0. The molecule has 2 nitrogen and oxygen atoms in total. The fraction of sp³-hybridized carbons (Fsp3) is 0.875. The van der Waals surface area contributed by atoms with Gasteiger partial charge in [-0.25, -0.2) is 0 Å². The van der Waals surface area contributed by atoms with Crippen LogP contribution in [0.25, 0.3) is 0 Å². The molecule has 1 unspecified atom stereocenters. The van der Waals surface area contributed by atoms with Crippen molar-refractivity contribution in [3.05, 3.63) is 0 Å². The smallest absolute Gasteiger partial charge is 0.162 e. The molecular weight excluding hydrogens is 224 g/mol. The standard InChI is InChI=1S/C16H26O2/c1-3-4-5-6-7-8-9-11-16-12-10-14(2)15(18-16)17-13-16/h14-15H,3-8,10,12-13H2,1-2H3/t14?,15-,16+/m1/s1. The minimum atomic E-state index is -0.263. The highest BCUT2D eigenvalue weighted by atomic mass is 16.7. The van der Waals surface area contributed by atoms with Crippen LogP contribution in [0.1, 0.15) is 65.2 Å². The van der Waals surface area contributed by atoms with Crippen molar-refractivity contribution >= 4 is 0 Å². The van der Waals surface area contributed by atoms with E-state index in [0.717, 1.165) is 12.8 Å². The van der Waals surface area contributed by atoms with Crippen molar-refractivity contribution in [1.29, 1.82) is 0 Å². The highest BCUT2D eigenvalue weighted by Crippen LogP contribution is 2.38. The van der Waals surface area contributed by atoms with E-state index in [-0.39, 0.29) is 11.9 Å². The van der Waals surface area contributed by atoms with Crippen LogP contribution in [-0.4, -0.2) is 18.5 Å². The first-order chi connectivity index (χ1) is 8.76. The molecule has 0 spiro atoms.